The average Bonchev–Trinajstić information content (AvgIpc) is 2.85. The Morgan fingerprint density at radius 2 is 2.41 bits per heavy atom. The van der Waals surface area contributed by atoms with Gasteiger partial charge in [-0.15, -0.1) is 5.10 Å². The first-order chi connectivity index (χ1) is 8.00. The normalized spacial score (nSPS) is 25.1. The fourth-order valence-corrected chi connectivity index (χ4v) is 2.38. The van der Waals surface area contributed by atoms with Crippen molar-refractivity contribution in [1.29, 1.82) is 0 Å². The van der Waals surface area contributed by atoms with E-state index in [9.17, 15) is 0 Å². The number of nitrogens with zero attached hydrogens (tertiary/aromatic N) is 3. The van der Waals surface area contributed by atoms with E-state index < -0.39 is 0 Å². The van der Waals surface area contributed by atoms with Gasteiger partial charge in [-0.3, -0.25) is 0 Å². The molecule has 0 bridgehead atoms. The molecule has 1 aliphatic heterocycles. The first kappa shape index (κ1) is 13.0. The molecular formula is C12H20BrN3O. The highest BCUT2D eigenvalue weighted by atomic mass is 79.9. The molecule has 0 aromatic carbocycles. The zero-order valence-corrected chi connectivity index (χ0v) is 12.3. The molecule has 2 rings (SSSR count). The van der Waals surface area contributed by atoms with Gasteiger partial charge in [-0.05, 0) is 33.1 Å². The van der Waals surface area contributed by atoms with Crippen LogP contribution in [0, 0.1) is 0 Å². The van der Waals surface area contributed by atoms with Gasteiger partial charge in [0.15, 0.2) is 0 Å². The van der Waals surface area contributed by atoms with Crippen LogP contribution >= 0.6 is 15.9 Å². The Morgan fingerprint density at radius 3 is 3.00 bits per heavy atom. The molecule has 0 spiro atoms. The molecule has 0 N–H and O–H groups in total. The molecule has 0 amide bonds. The predicted molar refractivity (Wildman–Crippen MR) is 70.2 cm³/mol. The minimum absolute atomic E-state index is 0.0233. The first-order valence-electron chi connectivity index (χ1n) is 6.22. The number of rotatable bonds is 4. The Kier molecular flexibility index (Phi) is 3.88. The smallest absolute Gasteiger partial charge is 0.0963 e. The van der Waals surface area contributed by atoms with Crippen LogP contribution in [0.15, 0.2) is 6.20 Å². The van der Waals surface area contributed by atoms with Crippen LogP contribution in [0.2, 0.25) is 0 Å². The summed E-state index contributed by atoms with van der Waals surface area (Å²) in [5.41, 5.74) is 1.03. The van der Waals surface area contributed by atoms with Gasteiger partial charge in [-0.25, -0.2) is 4.68 Å². The largest absolute Gasteiger partial charge is 0.370 e. The molecule has 0 saturated carbocycles. The van der Waals surface area contributed by atoms with Crippen LogP contribution in [0.3, 0.4) is 0 Å². The Morgan fingerprint density at radius 1 is 1.65 bits per heavy atom. The second-order valence-corrected chi connectivity index (χ2v) is 6.38. The molecule has 2 heterocycles. The van der Waals surface area contributed by atoms with E-state index in [1.807, 2.05) is 10.9 Å². The molecule has 1 aromatic heterocycles. The summed E-state index contributed by atoms with van der Waals surface area (Å²) >= 11 is 3.58. The van der Waals surface area contributed by atoms with Crippen molar-refractivity contribution >= 4 is 15.9 Å². The van der Waals surface area contributed by atoms with Gasteiger partial charge in [0.2, 0.25) is 0 Å². The number of ether oxygens (including phenoxy) is 1. The van der Waals surface area contributed by atoms with Crippen molar-refractivity contribution in [3.05, 3.63) is 11.9 Å². The Hall–Kier alpha value is -0.420. The molecule has 1 fully saturated rings. The third-order valence-electron chi connectivity index (χ3n) is 3.18. The zero-order chi connectivity index (χ0) is 12.5. The topological polar surface area (TPSA) is 39.9 Å². The van der Waals surface area contributed by atoms with Crippen LogP contribution in [0.5, 0.6) is 0 Å². The van der Waals surface area contributed by atoms with Crippen LogP contribution in [0.25, 0.3) is 0 Å². The SMILES string of the molecule is CCC(Br)c1cn(CC2CCC(C)(C)O2)nn1. The minimum Gasteiger partial charge on any atom is -0.370 e. The lowest BCUT2D eigenvalue weighted by Gasteiger charge is -2.18. The van der Waals surface area contributed by atoms with Crippen LogP contribution in [-0.4, -0.2) is 26.7 Å². The van der Waals surface area contributed by atoms with Gasteiger partial charge < -0.3 is 4.74 Å². The molecule has 2 atom stereocenters. The lowest BCUT2D eigenvalue weighted by molar-refractivity contribution is -0.0231. The molecule has 0 aliphatic carbocycles. The Balaban J connectivity index is 1.94. The molecule has 1 aromatic rings. The summed E-state index contributed by atoms with van der Waals surface area (Å²) in [6.45, 7) is 7.22. The van der Waals surface area contributed by atoms with Crippen molar-refractivity contribution in [2.24, 2.45) is 0 Å². The summed E-state index contributed by atoms with van der Waals surface area (Å²) in [5.74, 6) is 0. The van der Waals surface area contributed by atoms with E-state index >= 15 is 0 Å². The highest BCUT2D eigenvalue weighted by Gasteiger charge is 2.31. The van der Waals surface area contributed by atoms with Gasteiger partial charge in [0, 0.05) is 6.20 Å². The summed E-state index contributed by atoms with van der Waals surface area (Å²) in [7, 11) is 0. The molecule has 2 unspecified atom stereocenters. The van der Waals surface area contributed by atoms with Gasteiger partial charge in [0.1, 0.15) is 0 Å². The lowest BCUT2D eigenvalue weighted by atomic mass is 10.1. The quantitative estimate of drug-likeness (QED) is 0.802. The van der Waals surface area contributed by atoms with Crippen molar-refractivity contribution < 1.29 is 4.74 Å². The van der Waals surface area contributed by atoms with E-state index in [1.54, 1.807) is 0 Å². The monoisotopic (exact) mass is 301 g/mol. The molecule has 96 valence electrons. The maximum absolute atomic E-state index is 5.95. The third-order valence-corrected chi connectivity index (χ3v) is 4.30. The Bertz CT molecular complexity index is 378. The van der Waals surface area contributed by atoms with E-state index in [-0.39, 0.29) is 11.7 Å². The van der Waals surface area contributed by atoms with Crippen LogP contribution in [-0.2, 0) is 11.3 Å². The molecule has 17 heavy (non-hydrogen) atoms. The predicted octanol–water partition coefficient (Wildman–Crippen LogP) is 3.08. The standard InChI is InChI=1S/C12H20BrN3O/c1-4-10(13)11-8-16(15-14-11)7-9-5-6-12(2,3)17-9/h8-10H,4-7H2,1-3H3. The van der Waals surface area contributed by atoms with Crippen molar-refractivity contribution in [1.82, 2.24) is 15.0 Å². The first-order valence-corrected chi connectivity index (χ1v) is 7.13. The second kappa shape index (κ2) is 5.06. The van der Waals surface area contributed by atoms with Crippen LogP contribution in [0.4, 0.5) is 0 Å². The fourth-order valence-electron chi connectivity index (χ4n) is 2.17. The number of alkyl halides is 1. The molecule has 4 nitrogen and oxygen atoms in total. The van der Waals surface area contributed by atoms with E-state index in [4.69, 9.17) is 4.74 Å². The van der Waals surface area contributed by atoms with Crippen molar-refractivity contribution in [3.63, 3.8) is 0 Å². The number of hydrogen-bond donors (Lipinski definition) is 0. The van der Waals surface area contributed by atoms with E-state index in [2.05, 4.69) is 47.0 Å². The third kappa shape index (κ3) is 3.28. The van der Waals surface area contributed by atoms with Crippen molar-refractivity contribution in [2.75, 3.05) is 0 Å². The number of halogens is 1. The average molecular weight is 302 g/mol. The molecule has 5 heteroatoms. The van der Waals surface area contributed by atoms with Crippen molar-refractivity contribution in [3.8, 4) is 0 Å². The lowest BCUT2D eigenvalue weighted by Crippen LogP contribution is -2.23. The summed E-state index contributed by atoms with van der Waals surface area (Å²) in [6, 6.07) is 0. The molecule has 1 saturated heterocycles. The maximum atomic E-state index is 5.95. The summed E-state index contributed by atoms with van der Waals surface area (Å²) in [5, 5.41) is 8.33. The van der Waals surface area contributed by atoms with E-state index in [0.717, 1.165) is 31.5 Å². The minimum atomic E-state index is 0.0233. The second-order valence-electron chi connectivity index (χ2n) is 5.28. The van der Waals surface area contributed by atoms with Gasteiger partial charge >= 0.3 is 0 Å². The van der Waals surface area contributed by atoms with Gasteiger partial charge in [0.05, 0.1) is 28.8 Å². The number of aromatic nitrogens is 3. The van der Waals surface area contributed by atoms with E-state index in [0.29, 0.717) is 4.83 Å². The fraction of sp³-hybridized carbons (Fsp3) is 0.833. The number of hydrogen-bond acceptors (Lipinski definition) is 3. The van der Waals surface area contributed by atoms with Gasteiger partial charge in [-0.2, -0.15) is 0 Å². The highest BCUT2D eigenvalue weighted by molar-refractivity contribution is 9.09. The van der Waals surface area contributed by atoms with Gasteiger partial charge in [-0.1, -0.05) is 28.1 Å². The summed E-state index contributed by atoms with van der Waals surface area (Å²) in [6.07, 6.45) is 5.53. The molecule has 0 radical (unpaired) electrons. The summed E-state index contributed by atoms with van der Waals surface area (Å²) in [4.78, 5) is 0.303. The summed E-state index contributed by atoms with van der Waals surface area (Å²) < 4.78 is 7.84. The Labute approximate surface area is 111 Å². The highest BCUT2D eigenvalue weighted by Crippen LogP contribution is 2.30. The van der Waals surface area contributed by atoms with Crippen LogP contribution in [0.1, 0.15) is 50.6 Å². The van der Waals surface area contributed by atoms with E-state index in [1.165, 1.54) is 0 Å². The van der Waals surface area contributed by atoms with Crippen LogP contribution < -0.4 is 0 Å². The zero-order valence-electron chi connectivity index (χ0n) is 10.7. The van der Waals surface area contributed by atoms with Gasteiger partial charge in [0.25, 0.3) is 0 Å². The maximum Gasteiger partial charge on any atom is 0.0963 e. The van der Waals surface area contributed by atoms with Crippen molar-refractivity contribution in [2.45, 2.75) is 63.1 Å². The molecule has 1 aliphatic rings. The molecular weight excluding hydrogens is 282 g/mol.